The quantitative estimate of drug-likeness (QED) is 0.0735. The highest BCUT2D eigenvalue weighted by molar-refractivity contribution is 7.85. The Hall–Kier alpha value is -1.25. The minimum absolute atomic E-state index is 0. The van der Waals surface area contributed by atoms with Gasteiger partial charge in [-0.15, -0.1) is 0 Å². The van der Waals surface area contributed by atoms with Crippen LogP contribution in [0.25, 0.3) is 5.41 Å². The lowest BCUT2D eigenvalue weighted by Gasteiger charge is -2.02. The Balaban J connectivity index is -0.000000857. The molecule has 0 amide bonds. The summed E-state index contributed by atoms with van der Waals surface area (Å²) in [5, 5.41) is 17.1. The van der Waals surface area contributed by atoms with E-state index in [9.17, 15) is 0 Å². The maximum atomic E-state index is 7.18. The third kappa shape index (κ3) is 31.7. The van der Waals surface area contributed by atoms with Crippen LogP contribution >= 0.6 is 24.8 Å². The van der Waals surface area contributed by atoms with Gasteiger partial charge in [0.05, 0.1) is 0 Å². The predicted octanol–water partition coefficient (Wildman–Crippen LogP) is 7.67. The first-order chi connectivity index (χ1) is 13.8. The maximum absolute atomic E-state index is 7.18. The van der Waals surface area contributed by atoms with Gasteiger partial charge < -0.3 is 11.6 Å². The van der Waals surface area contributed by atoms with Gasteiger partial charge in [-0.2, -0.15) is 10.4 Å². The molecule has 0 radical (unpaired) electrons. The van der Waals surface area contributed by atoms with Gasteiger partial charge in [0.2, 0.25) is 0 Å². The van der Waals surface area contributed by atoms with E-state index in [2.05, 4.69) is 66.9 Å². The van der Waals surface area contributed by atoms with Crippen molar-refractivity contribution in [2.24, 2.45) is 0 Å². The van der Waals surface area contributed by atoms with E-state index >= 15 is 0 Å². The summed E-state index contributed by atoms with van der Waals surface area (Å²) >= 11 is 6.79. The number of nitrogens with zero attached hydrogens (tertiary/aromatic N) is 3. The van der Waals surface area contributed by atoms with Gasteiger partial charge in [0.15, 0.2) is 12.4 Å². The molecule has 0 atom stereocenters. The first kappa shape index (κ1) is 32.4. The monoisotopic (exact) mass is 438 g/mol. The predicted molar refractivity (Wildman–Crippen MR) is 133 cm³/mol. The van der Waals surface area contributed by atoms with E-state index in [1.807, 2.05) is 0 Å². The molecule has 0 aliphatic heterocycles. The van der Waals surface area contributed by atoms with Crippen LogP contribution in [0.4, 0.5) is 0 Å². The molecular weight excluding hydrogens is 396 g/mol. The van der Waals surface area contributed by atoms with E-state index in [0.29, 0.717) is 0 Å². The van der Waals surface area contributed by atoms with Crippen LogP contribution in [0, 0.1) is 10.7 Å². The average molecular weight is 439 g/mol. The Kier molecular flexibility index (Phi) is 35.1. The second-order valence-corrected chi connectivity index (χ2v) is 7.28. The lowest BCUT2D eigenvalue weighted by atomic mass is 10.0. The van der Waals surface area contributed by atoms with Crippen LogP contribution < -0.4 is 10.7 Å². The number of thiocyanates is 1. The summed E-state index contributed by atoms with van der Waals surface area (Å²) in [6.45, 7) is 3.47. The van der Waals surface area contributed by atoms with Crippen LogP contribution in [-0.4, -0.2) is 5.16 Å². The zero-order chi connectivity index (χ0) is 21.1. The standard InChI is InChI=1S/C21H38N.CHNS.CNS.H3N/c1-2-3-4-5-6-7-8-9-10-11-12-13-14-16-19-22-20-17-15-18-21-22;2*2-1-3;/h15,17-18,20-21H,2-14,16,19H2,1H3;3H;;1H3/q+1;;-1;. The third-order valence-corrected chi connectivity index (χ3v) is 4.55. The SMILES string of the molecule is CCCCCCCCCCCCCCCC[n+]1ccccc1.N.N#CS.[N-]=C=S. The van der Waals surface area contributed by atoms with Gasteiger partial charge in [-0.25, -0.2) is 4.57 Å². The Morgan fingerprint density at radius 1 is 0.793 bits per heavy atom. The number of pyridine rings is 1. The highest BCUT2D eigenvalue weighted by Crippen LogP contribution is 2.12. The fraction of sp³-hybridized carbons (Fsp3) is 0.696. The summed E-state index contributed by atoms with van der Waals surface area (Å²) < 4.78 is 2.29. The molecule has 1 aromatic heterocycles. The van der Waals surface area contributed by atoms with Crippen molar-refractivity contribution < 1.29 is 4.57 Å². The number of isothiocyanates is 1. The second kappa shape index (κ2) is 31.4. The molecule has 0 unspecified atom stereocenters. The first-order valence-corrected chi connectivity index (χ1v) is 11.6. The van der Waals surface area contributed by atoms with Crippen LogP contribution in [0.3, 0.4) is 0 Å². The molecule has 0 fully saturated rings. The lowest BCUT2D eigenvalue weighted by Crippen LogP contribution is -2.32. The van der Waals surface area contributed by atoms with Crippen LogP contribution in [0.15, 0.2) is 30.6 Å². The van der Waals surface area contributed by atoms with E-state index in [1.165, 1.54) is 107 Å². The number of hydrogen-bond donors (Lipinski definition) is 2. The van der Waals surface area contributed by atoms with E-state index in [-0.39, 0.29) is 6.15 Å². The second-order valence-electron chi connectivity index (χ2n) is 6.90. The van der Waals surface area contributed by atoms with E-state index in [0.717, 1.165) is 0 Å². The minimum atomic E-state index is 0. The van der Waals surface area contributed by atoms with Crippen molar-refractivity contribution in [3.63, 3.8) is 0 Å². The van der Waals surface area contributed by atoms with Crippen LogP contribution in [0.1, 0.15) is 96.8 Å². The number of thiol groups is 1. The van der Waals surface area contributed by atoms with Crippen molar-refractivity contribution >= 4 is 30.0 Å². The summed E-state index contributed by atoms with van der Waals surface area (Å²) in [7, 11) is 0. The molecule has 1 heterocycles. The van der Waals surface area contributed by atoms with Crippen LogP contribution in [0.2, 0.25) is 0 Å². The molecule has 0 bridgehead atoms. The number of unbranched alkanes of at least 4 members (excludes halogenated alkanes) is 13. The summed E-state index contributed by atoms with van der Waals surface area (Å²) in [5.74, 6) is 0. The number of hydrogen-bond acceptors (Lipinski definition) is 4. The Morgan fingerprint density at radius 2 is 1.10 bits per heavy atom. The number of aromatic nitrogens is 1. The molecule has 0 spiro atoms. The van der Waals surface area contributed by atoms with Gasteiger partial charge in [0, 0.05) is 18.6 Å². The van der Waals surface area contributed by atoms with E-state index in [4.69, 9.17) is 10.7 Å². The molecule has 0 aromatic carbocycles. The van der Waals surface area contributed by atoms with Gasteiger partial charge in [-0.05, 0) is 6.42 Å². The maximum Gasteiger partial charge on any atom is 0.168 e. The van der Waals surface area contributed by atoms with Crippen molar-refractivity contribution in [3.8, 4) is 5.40 Å². The van der Waals surface area contributed by atoms with Crippen molar-refractivity contribution in [2.75, 3.05) is 0 Å². The number of thiocarbonyl (C=S) groups is 1. The van der Waals surface area contributed by atoms with Crippen molar-refractivity contribution in [1.29, 1.82) is 5.26 Å². The Labute approximate surface area is 190 Å². The van der Waals surface area contributed by atoms with Gasteiger partial charge >= 0.3 is 0 Å². The van der Waals surface area contributed by atoms with Crippen molar-refractivity contribution in [3.05, 3.63) is 36.0 Å². The fourth-order valence-corrected chi connectivity index (χ4v) is 3.07. The van der Waals surface area contributed by atoms with Crippen molar-refractivity contribution in [2.45, 2.75) is 103 Å². The normalized spacial score (nSPS) is 8.86. The van der Waals surface area contributed by atoms with E-state index < -0.39 is 0 Å². The van der Waals surface area contributed by atoms with Crippen LogP contribution in [-0.2, 0) is 6.54 Å². The van der Waals surface area contributed by atoms with Crippen molar-refractivity contribution in [1.82, 2.24) is 6.15 Å². The third-order valence-electron chi connectivity index (χ3n) is 4.55. The molecule has 0 saturated heterocycles. The molecule has 166 valence electrons. The fourth-order valence-electron chi connectivity index (χ4n) is 3.07. The molecule has 29 heavy (non-hydrogen) atoms. The molecule has 3 N–H and O–H groups in total. The van der Waals surface area contributed by atoms with Gasteiger partial charge in [-0.1, -0.05) is 115 Å². The Morgan fingerprint density at radius 3 is 1.45 bits per heavy atom. The molecular formula is C23H42N4S2. The zero-order valence-corrected chi connectivity index (χ0v) is 20.1. The zero-order valence-electron chi connectivity index (χ0n) is 18.4. The molecule has 0 aliphatic carbocycles. The lowest BCUT2D eigenvalue weighted by molar-refractivity contribution is -0.697. The molecule has 1 aromatic rings. The molecule has 4 nitrogen and oxygen atoms in total. The van der Waals surface area contributed by atoms with E-state index in [1.54, 1.807) is 0 Å². The molecule has 1 rings (SSSR count). The largest absolute Gasteiger partial charge is 0.753 e. The summed E-state index contributed by atoms with van der Waals surface area (Å²) in [6.07, 6.45) is 24.4. The smallest absolute Gasteiger partial charge is 0.168 e. The molecule has 6 heteroatoms. The van der Waals surface area contributed by atoms with Gasteiger partial charge in [0.25, 0.3) is 0 Å². The summed E-state index contributed by atoms with van der Waals surface area (Å²) in [5.41, 5.74) is 0. The van der Waals surface area contributed by atoms with Crippen LogP contribution in [0.5, 0.6) is 0 Å². The molecule has 0 saturated carbocycles. The average Bonchev–Trinajstić information content (AvgIpc) is 2.70. The molecule has 0 aliphatic rings. The minimum Gasteiger partial charge on any atom is -0.753 e. The van der Waals surface area contributed by atoms with Gasteiger partial charge in [0.1, 0.15) is 11.9 Å². The summed E-state index contributed by atoms with van der Waals surface area (Å²) in [6, 6.07) is 6.31. The highest BCUT2D eigenvalue weighted by atomic mass is 32.1. The highest BCUT2D eigenvalue weighted by Gasteiger charge is 1.98. The Bertz CT molecular complexity index is 483. The number of aryl methyl sites for hydroxylation is 1. The summed E-state index contributed by atoms with van der Waals surface area (Å²) in [4.78, 5) is 0. The number of rotatable bonds is 15. The topological polar surface area (TPSA) is 85.0 Å². The number of nitriles is 1. The van der Waals surface area contributed by atoms with Gasteiger partial charge in [-0.3, -0.25) is 0 Å². The first-order valence-electron chi connectivity index (χ1n) is 10.7.